The van der Waals surface area contributed by atoms with Crippen molar-refractivity contribution in [3.05, 3.63) is 22.0 Å². The van der Waals surface area contributed by atoms with Crippen LogP contribution in [0.1, 0.15) is 47.5 Å². The van der Waals surface area contributed by atoms with Gasteiger partial charge < -0.3 is 14.5 Å². The van der Waals surface area contributed by atoms with Gasteiger partial charge in [-0.1, -0.05) is 20.8 Å². The van der Waals surface area contributed by atoms with Crippen LogP contribution in [-0.2, 0) is 14.9 Å². The summed E-state index contributed by atoms with van der Waals surface area (Å²) in [5, 5.41) is 0.991. The average Bonchev–Trinajstić information content (AvgIpc) is 3.10. The van der Waals surface area contributed by atoms with Gasteiger partial charge in [-0.2, -0.15) is 0 Å². The molecule has 0 aliphatic carbocycles. The molecule has 0 saturated carbocycles. The topological polar surface area (TPSA) is 78.9 Å². The number of nitrogens with zero attached hydrogens (tertiary/aromatic N) is 5. The van der Waals surface area contributed by atoms with E-state index in [9.17, 15) is 9.59 Å². The summed E-state index contributed by atoms with van der Waals surface area (Å²) >= 11 is 1.46. The van der Waals surface area contributed by atoms with Gasteiger partial charge in [0.15, 0.2) is 0 Å². The largest absolute Gasteiger partial charge is 0.379 e. The predicted octanol–water partition coefficient (Wildman–Crippen LogP) is 2.22. The Hall–Kier alpha value is -2.10. The van der Waals surface area contributed by atoms with Gasteiger partial charge >= 0.3 is 0 Å². The minimum Gasteiger partial charge on any atom is -0.379 e. The zero-order chi connectivity index (χ0) is 23.0. The summed E-state index contributed by atoms with van der Waals surface area (Å²) in [6.45, 7) is 15.9. The summed E-state index contributed by atoms with van der Waals surface area (Å²) < 4.78 is 5.35. The Balaban J connectivity index is 1.44. The molecule has 9 heteroatoms. The molecule has 0 unspecified atom stereocenters. The maximum atomic E-state index is 13.3. The standard InChI is InChI=1S/C23H33N5O3S/c1-15-18-16(2)24-22(23(3,4)5)25-20(18)32-19(15)21(30)28-8-6-27(7-9-28)17(29)14-26-10-12-31-13-11-26/h6-14H2,1-5H3. The van der Waals surface area contributed by atoms with Crippen molar-refractivity contribution >= 4 is 33.4 Å². The molecule has 0 aromatic carbocycles. The van der Waals surface area contributed by atoms with Crippen molar-refractivity contribution in [3.63, 3.8) is 0 Å². The van der Waals surface area contributed by atoms with Gasteiger partial charge in [-0.3, -0.25) is 14.5 Å². The van der Waals surface area contributed by atoms with Crippen LogP contribution < -0.4 is 0 Å². The molecule has 0 spiro atoms. The van der Waals surface area contributed by atoms with Crippen molar-refractivity contribution in [2.75, 3.05) is 59.0 Å². The maximum Gasteiger partial charge on any atom is 0.264 e. The van der Waals surface area contributed by atoms with Crippen molar-refractivity contribution in [2.24, 2.45) is 0 Å². The molecule has 174 valence electrons. The molecule has 2 amide bonds. The number of aromatic nitrogens is 2. The number of amides is 2. The Kier molecular flexibility index (Phi) is 6.51. The third kappa shape index (κ3) is 4.65. The summed E-state index contributed by atoms with van der Waals surface area (Å²) in [4.78, 5) is 43.0. The van der Waals surface area contributed by atoms with E-state index in [4.69, 9.17) is 14.7 Å². The summed E-state index contributed by atoms with van der Waals surface area (Å²) in [5.41, 5.74) is 1.73. The molecule has 32 heavy (non-hydrogen) atoms. The average molecular weight is 460 g/mol. The molecule has 8 nitrogen and oxygen atoms in total. The first-order chi connectivity index (χ1) is 15.1. The van der Waals surface area contributed by atoms with Gasteiger partial charge in [-0.25, -0.2) is 9.97 Å². The lowest BCUT2D eigenvalue weighted by molar-refractivity contribution is -0.134. The van der Waals surface area contributed by atoms with Gasteiger partial charge in [0.25, 0.3) is 5.91 Å². The van der Waals surface area contributed by atoms with Gasteiger partial charge in [0, 0.05) is 50.1 Å². The highest BCUT2D eigenvalue weighted by Gasteiger charge is 2.29. The molecule has 0 atom stereocenters. The smallest absolute Gasteiger partial charge is 0.264 e. The van der Waals surface area contributed by atoms with Crippen LogP contribution in [0.3, 0.4) is 0 Å². The van der Waals surface area contributed by atoms with Crippen molar-refractivity contribution in [2.45, 2.75) is 40.0 Å². The fraction of sp³-hybridized carbons (Fsp3) is 0.652. The Labute approximate surface area is 193 Å². The number of aryl methyl sites for hydroxylation is 2. The van der Waals surface area contributed by atoms with Crippen molar-refractivity contribution in [1.29, 1.82) is 0 Å². The van der Waals surface area contributed by atoms with Crippen LogP contribution in [0.5, 0.6) is 0 Å². The van der Waals surface area contributed by atoms with Crippen LogP contribution in [0.25, 0.3) is 10.2 Å². The van der Waals surface area contributed by atoms with Gasteiger partial charge in [-0.15, -0.1) is 11.3 Å². The molecular formula is C23H33N5O3S. The van der Waals surface area contributed by atoms with Crippen LogP contribution in [0, 0.1) is 13.8 Å². The first-order valence-corrected chi connectivity index (χ1v) is 12.1. The number of carbonyl (C=O) groups excluding carboxylic acids is 2. The van der Waals surface area contributed by atoms with Gasteiger partial charge in [0.2, 0.25) is 5.91 Å². The molecule has 4 heterocycles. The number of fused-ring (bicyclic) bond motifs is 1. The molecule has 2 saturated heterocycles. The second-order valence-corrected chi connectivity index (χ2v) is 10.7. The molecule has 0 bridgehead atoms. The van der Waals surface area contributed by atoms with Crippen LogP contribution in [0.4, 0.5) is 0 Å². The summed E-state index contributed by atoms with van der Waals surface area (Å²) in [7, 11) is 0. The van der Waals surface area contributed by atoms with Gasteiger partial charge in [0.1, 0.15) is 10.7 Å². The van der Waals surface area contributed by atoms with Crippen molar-refractivity contribution in [3.8, 4) is 0 Å². The lowest BCUT2D eigenvalue weighted by Gasteiger charge is -2.36. The normalized spacial score (nSPS) is 18.4. The lowest BCUT2D eigenvalue weighted by atomic mass is 9.95. The van der Waals surface area contributed by atoms with E-state index in [0.717, 1.165) is 45.3 Å². The van der Waals surface area contributed by atoms with Crippen LogP contribution in [-0.4, -0.2) is 95.5 Å². The van der Waals surface area contributed by atoms with Crippen LogP contribution >= 0.6 is 11.3 Å². The van der Waals surface area contributed by atoms with Crippen LogP contribution in [0.2, 0.25) is 0 Å². The second kappa shape index (κ2) is 9.03. The summed E-state index contributed by atoms with van der Waals surface area (Å²) in [6.07, 6.45) is 0. The highest BCUT2D eigenvalue weighted by atomic mass is 32.1. The number of morpholine rings is 1. The number of thiophene rings is 1. The fourth-order valence-corrected chi connectivity index (χ4v) is 5.43. The number of hydrogen-bond acceptors (Lipinski definition) is 7. The molecule has 2 aliphatic rings. The first-order valence-electron chi connectivity index (χ1n) is 11.3. The Morgan fingerprint density at radius 3 is 2.22 bits per heavy atom. The quantitative estimate of drug-likeness (QED) is 0.700. The van der Waals surface area contributed by atoms with E-state index >= 15 is 0 Å². The highest BCUT2D eigenvalue weighted by Crippen LogP contribution is 2.34. The van der Waals surface area contributed by atoms with Gasteiger partial charge in [-0.05, 0) is 19.4 Å². The van der Waals surface area contributed by atoms with E-state index in [-0.39, 0.29) is 17.2 Å². The molecule has 2 aromatic rings. The molecule has 2 aromatic heterocycles. The summed E-state index contributed by atoms with van der Waals surface area (Å²) in [5.74, 6) is 0.968. The lowest BCUT2D eigenvalue weighted by Crippen LogP contribution is -2.53. The van der Waals surface area contributed by atoms with E-state index in [1.54, 1.807) is 0 Å². The monoisotopic (exact) mass is 459 g/mol. The fourth-order valence-electron chi connectivity index (χ4n) is 4.23. The highest BCUT2D eigenvalue weighted by molar-refractivity contribution is 7.20. The Morgan fingerprint density at radius 1 is 0.969 bits per heavy atom. The summed E-state index contributed by atoms with van der Waals surface area (Å²) in [6, 6.07) is 0. The van der Waals surface area contributed by atoms with E-state index < -0.39 is 0 Å². The van der Waals surface area contributed by atoms with E-state index in [2.05, 4.69) is 25.7 Å². The third-order valence-corrected chi connectivity index (χ3v) is 7.39. The number of piperazine rings is 1. The van der Waals surface area contributed by atoms with E-state index in [0.29, 0.717) is 45.9 Å². The molecule has 2 aliphatic heterocycles. The van der Waals surface area contributed by atoms with E-state index in [1.807, 2.05) is 23.6 Å². The molecule has 0 radical (unpaired) electrons. The minimum atomic E-state index is -0.148. The zero-order valence-corrected chi connectivity index (χ0v) is 20.5. The number of carbonyl (C=O) groups is 2. The predicted molar refractivity (Wildman–Crippen MR) is 125 cm³/mol. The maximum absolute atomic E-state index is 13.3. The van der Waals surface area contributed by atoms with Crippen molar-refractivity contribution in [1.82, 2.24) is 24.7 Å². The van der Waals surface area contributed by atoms with E-state index in [1.165, 1.54) is 11.3 Å². The number of hydrogen-bond donors (Lipinski definition) is 0. The zero-order valence-electron chi connectivity index (χ0n) is 19.7. The second-order valence-electron chi connectivity index (χ2n) is 9.68. The number of rotatable bonds is 3. The molecule has 2 fully saturated rings. The SMILES string of the molecule is Cc1nc(C(C)(C)C)nc2sc(C(=O)N3CCN(C(=O)CN4CCOCC4)CC3)c(C)c12. The molecular weight excluding hydrogens is 426 g/mol. The van der Waals surface area contributed by atoms with Crippen LogP contribution in [0.15, 0.2) is 0 Å². The number of ether oxygens (including phenoxy) is 1. The first kappa shape index (κ1) is 23.1. The third-order valence-electron chi connectivity index (χ3n) is 6.22. The molecule has 4 rings (SSSR count). The Morgan fingerprint density at radius 2 is 1.59 bits per heavy atom. The minimum absolute atomic E-state index is 0.0301. The Bertz CT molecular complexity index is 1010. The van der Waals surface area contributed by atoms with Crippen molar-refractivity contribution < 1.29 is 14.3 Å². The molecule has 0 N–H and O–H groups in total. The van der Waals surface area contributed by atoms with Gasteiger partial charge in [0.05, 0.1) is 30.3 Å².